The van der Waals surface area contributed by atoms with Crippen molar-refractivity contribution in [2.45, 2.75) is 44.9 Å². The molecule has 8 aromatic carbocycles. The minimum atomic E-state index is -2.94. The summed E-state index contributed by atoms with van der Waals surface area (Å²) in [6.07, 6.45) is 6.39. The van der Waals surface area contributed by atoms with Crippen LogP contribution >= 0.6 is 23.2 Å². The third-order valence-electron chi connectivity index (χ3n) is 17.0. The van der Waals surface area contributed by atoms with Crippen molar-refractivity contribution >= 4 is 91.3 Å². The Morgan fingerprint density at radius 3 is 1.98 bits per heavy atom. The van der Waals surface area contributed by atoms with Gasteiger partial charge in [-0.05, 0) is 150 Å². The van der Waals surface area contributed by atoms with Crippen LogP contribution in [0.2, 0.25) is 10.0 Å². The van der Waals surface area contributed by atoms with Gasteiger partial charge in [0.25, 0.3) is 11.1 Å². The Morgan fingerprint density at radius 2 is 1.25 bits per heavy atom. The van der Waals surface area contributed by atoms with E-state index in [-0.39, 0.29) is 33.5 Å². The van der Waals surface area contributed by atoms with Gasteiger partial charge in [0.15, 0.2) is 0 Å². The van der Waals surface area contributed by atoms with Crippen LogP contribution in [0.1, 0.15) is 58.3 Å². The van der Waals surface area contributed by atoms with Gasteiger partial charge < -0.3 is 32.6 Å². The zero-order chi connectivity index (χ0) is 60.9. The maximum Gasteiger partial charge on any atom is 0.678 e. The highest BCUT2D eigenvalue weighted by Gasteiger charge is 2.35. The van der Waals surface area contributed by atoms with Gasteiger partial charge in [0, 0.05) is 79.8 Å². The smallest absolute Gasteiger partial charge is 0.491 e. The number of aryl methyl sites for hydroxylation is 3. The van der Waals surface area contributed by atoms with E-state index in [0.29, 0.717) is 113 Å². The van der Waals surface area contributed by atoms with E-state index in [4.69, 9.17) is 56.3 Å². The highest BCUT2D eigenvalue weighted by atomic mass is 35.5. The number of ether oxygens (including phenoxy) is 5. The van der Waals surface area contributed by atoms with Gasteiger partial charge in [-0.15, -0.1) is 0 Å². The Labute approximate surface area is 520 Å². The summed E-state index contributed by atoms with van der Waals surface area (Å²) in [6, 6.07) is 48.0. The predicted octanol–water partition coefficient (Wildman–Crippen LogP) is 15.3. The molecule has 0 bridgehead atoms. The molecule has 0 atom stereocenters. The Morgan fingerprint density at radius 1 is 0.618 bits per heavy atom. The number of pyridine rings is 1. The van der Waals surface area contributed by atoms with Crippen LogP contribution in [-0.2, 0) is 44.7 Å². The number of halogens is 4. The van der Waals surface area contributed by atoms with Crippen LogP contribution in [0.3, 0.4) is 0 Å². The Kier molecular flexibility index (Phi) is 15.9. The van der Waals surface area contributed by atoms with Crippen molar-refractivity contribution in [1.29, 1.82) is 0 Å². The number of esters is 1. The molecule has 3 aliphatic rings. The van der Waals surface area contributed by atoms with E-state index < -0.39 is 24.5 Å². The first kappa shape index (κ1) is 57.8. The summed E-state index contributed by atoms with van der Waals surface area (Å²) in [5, 5.41) is 3.66. The molecule has 12 nitrogen and oxygen atoms in total. The quantitative estimate of drug-likeness (QED) is 0.0206. The fourth-order valence-corrected chi connectivity index (χ4v) is 13.6. The fraction of sp³-hybridized carbons (Fsp3) is 0.194. The first-order valence-corrected chi connectivity index (χ1v) is 30.5. The molecule has 0 saturated carbocycles. The lowest BCUT2D eigenvalue weighted by Crippen LogP contribution is -2.31. The number of aromatic nitrogens is 2. The lowest BCUT2D eigenvalue weighted by Gasteiger charge is -2.19. The topological polar surface area (TPSA) is 133 Å². The van der Waals surface area contributed by atoms with Gasteiger partial charge in [-0.2, -0.15) is 0 Å². The number of nitrogens with zero attached hydrogens (tertiary/aromatic N) is 3. The number of hydrogen-bond acceptors (Lipinski definition) is 10. The highest BCUT2D eigenvalue weighted by Crippen LogP contribution is 2.47. The summed E-state index contributed by atoms with van der Waals surface area (Å²) in [5.74, 6) is 0.105. The van der Waals surface area contributed by atoms with E-state index in [9.17, 15) is 14.4 Å². The van der Waals surface area contributed by atoms with E-state index in [1.807, 2.05) is 103 Å². The van der Waals surface area contributed by atoms with Crippen LogP contribution in [-0.4, -0.2) is 74.9 Å². The second kappa shape index (κ2) is 24.5. The molecule has 89 heavy (non-hydrogen) atoms. The van der Waals surface area contributed by atoms with Crippen molar-refractivity contribution in [1.82, 2.24) is 9.05 Å². The molecule has 14 rings (SSSR count). The molecular weight excluding hydrogens is 1170 g/mol. The molecule has 1 aliphatic heterocycles. The molecule has 0 radical (unpaired) electrons. The van der Waals surface area contributed by atoms with Gasteiger partial charge in [-0.25, -0.2) is 9.56 Å². The number of carbonyl (C=O) groups is 1. The minimum absolute atomic E-state index is 0.0443. The number of allylic oxidation sites excluding steroid dienone is 2. The van der Waals surface area contributed by atoms with Crippen LogP contribution < -0.4 is 20.6 Å². The van der Waals surface area contributed by atoms with E-state index in [1.54, 1.807) is 49.6 Å². The number of benzene rings is 8. The van der Waals surface area contributed by atoms with Crippen molar-refractivity contribution < 1.29 is 41.5 Å². The number of hydrogen-bond donors (Lipinski definition) is 0. The molecule has 2 aliphatic carbocycles. The van der Waals surface area contributed by atoms with Crippen LogP contribution in [0.5, 0.6) is 11.5 Å². The molecule has 17 heteroatoms. The molecule has 4 heterocycles. The lowest BCUT2D eigenvalue weighted by molar-refractivity contribution is -0.133. The van der Waals surface area contributed by atoms with Gasteiger partial charge in [0.05, 0.1) is 66.6 Å². The fourth-order valence-electron chi connectivity index (χ4n) is 12.9. The Balaban J connectivity index is 0.723. The second-order valence-corrected chi connectivity index (χ2v) is 23.2. The molecule has 0 amide bonds. The predicted molar refractivity (Wildman–Crippen MR) is 347 cm³/mol. The van der Waals surface area contributed by atoms with Crippen molar-refractivity contribution in [2.24, 2.45) is 4.99 Å². The number of carbonyl (C=O) groups excluding carboxylic acids is 1. The summed E-state index contributed by atoms with van der Waals surface area (Å²) in [7, 11) is -1.30. The molecule has 0 unspecified atom stereocenters. The van der Waals surface area contributed by atoms with Gasteiger partial charge in [-0.3, -0.25) is 23.0 Å². The normalized spacial score (nSPS) is 14.3. The summed E-state index contributed by atoms with van der Waals surface area (Å²) in [5.41, 5.74) is 11.1. The average Bonchev–Trinajstić information content (AvgIpc) is 1.33. The van der Waals surface area contributed by atoms with Crippen molar-refractivity contribution in [2.75, 3.05) is 46.8 Å². The Hall–Kier alpha value is -8.96. The maximum atomic E-state index is 15.9. The third-order valence-corrected chi connectivity index (χ3v) is 17.6. The SMILES string of the molecule is COCCOCCOCCOc1ccc(-c2ccc3oc4ccc5c(=O)n(-c6ccc(CC(=O)Oc7cc(Cl)c(/C(=C8\C=C9CCCc%10ccccc%10C9=N8)c8cc9c(n8B(F)F)-c8ccccc8CCC9)c(Cl)c7)cc6)c(=O)c6ccc(c3c2)c4c56)cc1. The summed E-state index contributed by atoms with van der Waals surface area (Å²) >= 11 is 14.5. The van der Waals surface area contributed by atoms with Crippen molar-refractivity contribution in [3.63, 3.8) is 0 Å². The van der Waals surface area contributed by atoms with E-state index in [0.717, 1.165) is 102 Å². The van der Waals surface area contributed by atoms with Gasteiger partial charge in [-0.1, -0.05) is 108 Å². The zero-order valence-electron chi connectivity index (χ0n) is 48.4. The van der Waals surface area contributed by atoms with E-state index in [1.165, 1.54) is 12.1 Å². The number of methoxy groups -OCH3 is 1. The van der Waals surface area contributed by atoms with Gasteiger partial charge in [0.2, 0.25) is 0 Å². The van der Waals surface area contributed by atoms with Crippen LogP contribution in [0.25, 0.3) is 77.1 Å². The molecule has 11 aromatic rings. The van der Waals surface area contributed by atoms with Gasteiger partial charge >= 0.3 is 13.4 Å². The summed E-state index contributed by atoms with van der Waals surface area (Å²) in [4.78, 5) is 48.1. The number of aliphatic imine (C=N–C) groups is 1. The molecule has 0 fully saturated rings. The molecule has 444 valence electrons. The van der Waals surface area contributed by atoms with Crippen molar-refractivity contribution in [3.8, 4) is 39.6 Å². The second-order valence-electron chi connectivity index (χ2n) is 22.4. The van der Waals surface area contributed by atoms with Crippen molar-refractivity contribution in [3.05, 3.63) is 245 Å². The molecular formula is C72H56BCl2F2N3O9. The monoisotopic (exact) mass is 1230 g/mol. The molecule has 3 aromatic heterocycles. The zero-order valence-corrected chi connectivity index (χ0v) is 49.9. The number of fused-ring (bicyclic) bond motifs is 8. The molecule has 0 saturated heterocycles. The Bertz CT molecular complexity index is 4780. The first-order valence-electron chi connectivity index (χ1n) is 29.7. The highest BCUT2D eigenvalue weighted by molar-refractivity contribution is 6.43. The lowest BCUT2D eigenvalue weighted by atomic mass is 9.95. The molecule has 0 N–H and O–H groups in total. The van der Waals surface area contributed by atoms with Gasteiger partial charge in [0.1, 0.15) is 29.3 Å². The van der Waals surface area contributed by atoms with E-state index >= 15 is 8.63 Å². The third kappa shape index (κ3) is 10.9. The summed E-state index contributed by atoms with van der Waals surface area (Å²) < 4.78 is 68.4. The minimum Gasteiger partial charge on any atom is -0.491 e. The summed E-state index contributed by atoms with van der Waals surface area (Å²) in [6.45, 7) is 2.84. The van der Waals surface area contributed by atoms with E-state index in [2.05, 4.69) is 6.07 Å². The standard InChI is InChI=1S/C72H56BCl2F2N3O9/c1-84-30-31-85-32-33-86-34-35-87-50-23-18-43(19-24-50)46-20-28-62-57(37-46)54-25-26-55-65-56(27-29-63(89-62)66(54)65)72(83)79(71(55)82)49-21-16-42(17-22-49)36-64(81)88-51-40-58(74)67(59(75)41-51)68(60-38-47-12-6-10-44-8-2-4-14-52(44)69(47)78-60)61-39-48-13-7-11-45-9-3-5-15-53(45)70(48)80(61)73(76)77/h2-5,8-9,14-29,37-41H,6-7,10-13,30-36H2,1H3/b68-60+. The number of rotatable bonds is 18. The molecule has 0 spiro atoms. The van der Waals surface area contributed by atoms with Crippen LogP contribution in [0.15, 0.2) is 194 Å². The van der Waals surface area contributed by atoms with Crippen LogP contribution in [0, 0.1) is 0 Å². The van der Waals surface area contributed by atoms with Crippen LogP contribution in [0.4, 0.5) is 8.63 Å². The maximum absolute atomic E-state index is 15.9. The largest absolute Gasteiger partial charge is 0.678 e. The average molecular weight is 1230 g/mol. The first-order chi connectivity index (χ1) is 43.5.